The van der Waals surface area contributed by atoms with Gasteiger partial charge in [0.05, 0.1) is 13.2 Å². The Morgan fingerprint density at radius 1 is 1.44 bits per heavy atom. The van der Waals surface area contributed by atoms with Crippen LogP contribution in [0.4, 0.5) is 5.69 Å². The van der Waals surface area contributed by atoms with Crippen LogP contribution in [0.5, 0.6) is 5.75 Å². The van der Waals surface area contributed by atoms with E-state index in [1.807, 2.05) is 25.1 Å². The summed E-state index contributed by atoms with van der Waals surface area (Å²) in [6.45, 7) is 2.90. The van der Waals surface area contributed by atoms with Gasteiger partial charge >= 0.3 is 0 Å². The quantitative estimate of drug-likeness (QED) is 0.861. The van der Waals surface area contributed by atoms with Crippen molar-refractivity contribution in [2.24, 2.45) is 0 Å². The zero-order chi connectivity index (χ0) is 13.0. The summed E-state index contributed by atoms with van der Waals surface area (Å²) in [6.07, 6.45) is 3.19. The molecule has 98 valence electrons. The fraction of sp³-hybridized carbons (Fsp3) is 0.500. The van der Waals surface area contributed by atoms with Crippen LogP contribution in [-0.2, 0) is 4.79 Å². The molecule has 0 spiro atoms. The summed E-state index contributed by atoms with van der Waals surface area (Å²) in [5.74, 6) is 0.892. The molecule has 1 fully saturated rings. The van der Waals surface area contributed by atoms with Crippen LogP contribution in [0.25, 0.3) is 0 Å². The van der Waals surface area contributed by atoms with E-state index in [1.165, 1.54) is 0 Å². The summed E-state index contributed by atoms with van der Waals surface area (Å²) in [5.41, 5.74) is 1.84. The summed E-state index contributed by atoms with van der Waals surface area (Å²) >= 11 is 0. The standard InChI is InChI=1S/C14H20N2O2/c1-10-9-11(6-7-13(10)18-2)16-14(17)12-5-3-4-8-15-12/h6-7,9,12,15H,3-5,8H2,1-2H3,(H,16,17)/t12-/m0/s1. The second-order valence-corrected chi connectivity index (χ2v) is 4.68. The van der Waals surface area contributed by atoms with Gasteiger partial charge in [0.1, 0.15) is 5.75 Å². The molecule has 2 rings (SSSR count). The number of carbonyl (C=O) groups excluding carboxylic acids is 1. The van der Waals surface area contributed by atoms with Gasteiger partial charge in [0.15, 0.2) is 0 Å². The first-order valence-electron chi connectivity index (χ1n) is 6.39. The number of anilines is 1. The van der Waals surface area contributed by atoms with Crippen molar-refractivity contribution in [2.45, 2.75) is 32.2 Å². The number of aryl methyl sites for hydroxylation is 1. The number of nitrogens with one attached hydrogen (secondary N) is 2. The van der Waals surface area contributed by atoms with E-state index < -0.39 is 0 Å². The van der Waals surface area contributed by atoms with Gasteiger partial charge < -0.3 is 15.4 Å². The minimum Gasteiger partial charge on any atom is -0.496 e. The molecule has 0 saturated carbocycles. The topological polar surface area (TPSA) is 50.4 Å². The van der Waals surface area contributed by atoms with Crippen molar-refractivity contribution in [3.05, 3.63) is 23.8 Å². The lowest BCUT2D eigenvalue weighted by atomic mass is 10.0. The minimum absolute atomic E-state index is 0.0545. The van der Waals surface area contributed by atoms with Gasteiger partial charge in [-0.15, -0.1) is 0 Å². The van der Waals surface area contributed by atoms with Crippen molar-refractivity contribution in [1.29, 1.82) is 0 Å². The predicted molar refractivity (Wildman–Crippen MR) is 72.0 cm³/mol. The number of hydrogen-bond acceptors (Lipinski definition) is 3. The molecule has 0 aromatic heterocycles. The summed E-state index contributed by atoms with van der Waals surface area (Å²) in [7, 11) is 1.65. The van der Waals surface area contributed by atoms with Crippen LogP contribution in [0.15, 0.2) is 18.2 Å². The molecule has 18 heavy (non-hydrogen) atoms. The number of amides is 1. The third-order valence-electron chi connectivity index (χ3n) is 3.29. The minimum atomic E-state index is -0.0545. The van der Waals surface area contributed by atoms with Crippen molar-refractivity contribution in [3.8, 4) is 5.75 Å². The van der Waals surface area contributed by atoms with Gasteiger partial charge in [-0.05, 0) is 50.1 Å². The Balaban J connectivity index is 2.00. The number of benzene rings is 1. The zero-order valence-electron chi connectivity index (χ0n) is 11.0. The second kappa shape index (κ2) is 5.87. The van der Waals surface area contributed by atoms with Crippen LogP contribution in [0.1, 0.15) is 24.8 Å². The largest absolute Gasteiger partial charge is 0.496 e. The molecule has 1 aromatic carbocycles. The van der Waals surface area contributed by atoms with Gasteiger partial charge in [-0.2, -0.15) is 0 Å². The molecule has 1 saturated heterocycles. The molecule has 0 unspecified atom stereocenters. The van der Waals surface area contributed by atoms with Crippen LogP contribution >= 0.6 is 0 Å². The maximum atomic E-state index is 12.0. The highest BCUT2D eigenvalue weighted by Gasteiger charge is 2.20. The number of rotatable bonds is 3. The smallest absolute Gasteiger partial charge is 0.241 e. The van der Waals surface area contributed by atoms with Crippen molar-refractivity contribution in [3.63, 3.8) is 0 Å². The second-order valence-electron chi connectivity index (χ2n) is 4.68. The lowest BCUT2D eigenvalue weighted by Gasteiger charge is -2.22. The highest BCUT2D eigenvalue weighted by Crippen LogP contribution is 2.21. The van der Waals surface area contributed by atoms with Crippen LogP contribution < -0.4 is 15.4 Å². The zero-order valence-corrected chi connectivity index (χ0v) is 11.0. The molecule has 0 radical (unpaired) electrons. The normalized spacial score (nSPS) is 19.3. The lowest BCUT2D eigenvalue weighted by molar-refractivity contribution is -0.118. The summed E-state index contributed by atoms with van der Waals surface area (Å²) in [4.78, 5) is 12.0. The van der Waals surface area contributed by atoms with E-state index in [0.717, 1.165) is 42.8 Å². The molecule has 0 bridgehead atoms. The van der Waals surface area contributed by atoms with Gasteiger partial charge in [-0.3, -0.25) is 4.79 Å². The van der Waals surface area contributed by atoms with Gasteiger partial charge in [0, 0.05) is 5.69 Å². The van der Waals surface area contributed by atoms with E-state index >= 15 is 0 Å². The summed E-state index contributed by atoms with van der Waals surface area (Å²) < 4.78 is 5.20. The molecular formula is C14H20N2O2. The molecular weight excluding hydrogens is 228 g/mol. The van der Waals surface area contributed by atoms with E-state index in [2.05, 4.69) is 10.6 Å². The van der Waals surface area contributed by atoms with Crippen molar-refractivity contribution >= 4 is 11.6 Å². The Morgan fingerprint density at radius 2 is 2.28 bits per heavy atom. The first kappa shape index (κ1) is 12.9. The van der Waals surface area contributed by atoms with Crippen LogP contribution in [0.2, 0.25) is 0 Å². The summed E-state index contributed by atoms with van der Waals surface area (Å²) in [6, 6.07) is 5.62. The molecule has 1 aromatic rings. The Morgan fingerprint density at radius 3 is 2.89 bits per heavy atom. The molecule has 1 heterocycles. The highest BCUT2D eigenvalue weighted by molar-refractivity contribution is 5.95. The van der Waals surface area contributed by atoms with E-state index in [4.69, 9.17) is 4.74 Å². The number of carbonyl (C=O) groups is 1. The SMILES string of the molecule is COc1ccc(NC(=O)[C@@H]2CCCCN2)cc1C. The average molecular weight is 248 g/mol. The molecule has 1 aliphatic rings. The monoisotopic (exact) mass is 248 g/mol. The Kier molecular flexibility index (Phi) is 4.20. The molecule has 1 aliphatic heterocycles. The molecule has 2 N–H and O–H groups in total. The van der Waals surface area contributed by atoms with E-state index in [9.17, 15) is 4.79 Å². The molecule has 0 aliphatic carbocycles. The Bertz CT molecular complexity index is 426. The van der Waals surface area contributed by atoms with E-state index in [-0.39, 0.29) is 11.9 Å². The average Bonchev–Trinajstić information content (AvgIpc) is 2.40. The fourth-order valence-electron chi connectivity index (χ4n) is 2.26. The maximum Gasteiger partial charge on any atom is 0.241 e. The van der Waals surface area contributed by atoms with Crippen molar-refractivity contribution < 1.29 is 9.53 Å². The number of piperidine rings is 1. The molecule has 1 atom stereocenters. The molecule has 4 heteroatoms. The predicted octanol–water partition coefficient (Wildman–Crippen LogP) is 2.08. The van der Waals surface area contributed by atoms with Crippen molar-refractivity contribution in [1.82, 2.24) is 5.32 Å². The van der Waals surface area contributed by atoms with Gasteiger partial charge in [-0.1, -0.05) is 6.42 Å². The maximum absolute atomic E-state index is 12.0. The summed E-state index contributed by atoms with van der Waals surface area (Å²) in [5, 5.41) is 6.19. The van der Waals surface area contributed by atoms with Crippen LogP contribution in [0, 0.1) is 6.92 Å². The van der Waals surface area contributed by atoms with Crippen LogP contribution in [-0.4, -0.2) is 25.6 Å². The first-order valence-corrected chi connectivity index (χ1v) is 6.39. The number of hydrogen-bond donors (Lipinski definition) is 2. The van der Waals surface area contributed by atoms with Gasteiger partial charge in [-0.25, -0.2) is 0 Å². The highest BCUT2D eigenvalue weighted by atomic mass is 16.5. The van der Waals surface area contributed by atoms with E-state index in [1.54, 1.807) is 7.11 Å². The third kappa shape index (κ3) is 3.01. The first-order chi connectivity index (χ1) is 8.70. The van der Waals surface area contributed by atoms with Crippen LogP contribution in [0.3, 0.4) is 0 Å². The third-order valence-corrected chi connectivity index (χ3v) is 3.29. The number of methoxy groups -OCH3 is 1. The van der Waals surface area contributed by atoms with Gasteiger partial charge in [0.2, 0.25) is 5.91 Å². The lowest BCUT2D eigenvalue weighted by Crippen LogP contribution is -2.43. The molecule has 4 nitrogen and oxygen atoms in total. The Hall–Kier alpha value is -1.55. The van der Waals surface area contributed by atoms with E-state index in [0.29, 0.717) is 0 Å². The van der Waals surface area contributed by atoms with Gasteiger partial charge in [0.25, 0.3) is 0 Å². The fourth-order valence-corrected chi connectivity index (χ4v) is 2.26. The number of ether oxygens (including phenoxy) is 1. The van der Waals surface area contributed by atoms with Crippen molar-refractivity contribution in [2.75, 3.05) is 19.0 Å². The Labute approximate surface area is 108 Å². The molecule has 1 amide bonds.